The molecule has 3 heteroatoms. The van der Waals surface area contributed by atoms with Crippen LogP contribution in [0, 0.1) is 28.2 Å². The van der Waals surface area contributed by atoms with Gasteiger partial charge in [-0.25, -0.2) is 6.08 Å². The first-order valence-electron chi connectivity index (χ1n) is 17.4. The molecule has 0 bridgehead atoms. The van der Waals surface area contributed by atoms with Crippen LogP contribution in [0.15, 0.2) is 60.2 Å². The number of hydrogen-bond acceptors (Lipinski definition) is 0. The van der Waals surface area contributed by atoms with Crippen molar-refractivity contribution in [1.82, 2.24) is 0 Å². The number of hydrogen-bond donors (Lipinski definition) is 0. The minimum Gasteiger partial charge on any atom is -1.00 e. The summed E-state index contributed by atoms with van der Waals surface area (Å²) in [5.74, 6) is 0.573. The van der Waals surface area contributed by atoms with Crippen LogP contribution in [0.4, 0.5) is 0 Å². The van der Waals surface area contributed by atoms with E-state index in [2.05, 4.69) is 171 Å². The Kier molecular flexibility index (Phi) is 13.1. The molecule has 48 heavy (non-hydrogen) atoms. The predicted molar refractivity (Wildman–Crippen MR) is 203 cm³/mol. The summed E-state index contributed by atoms with van der Waals surface area (Å²) in [6.07, 6.45) is 14.0. The zero-order valence-corrected chi connectivity index (χ0v) is 36.7. The van der Waals surface area contributed by atoms with Crippen LogP contribution in [0.1, 0.15) is 139 Å². The molecule has 3 aromatic carbocycles. The van der Waals surface area contributed by atoms with Crippen molar-refractivity contribution in [3.63, 3.8) is 0 Å². The molecule has 3 aliphatic rings. The van der Waals surface area contributed by atoms with Crippen molar-refractivity contribution in [3.05, 3.63) is 88.5 Å². The van der Waals surface area contributed by atoms with Gasteiger partial charge in [0.1, 0.15) is 0 Å². The zero-order chi connectivity index (χ0) is 34.8. The van der Waals surface area contributed by atoms with Crippen LogP contribution >= 0.6 is 0 Å². The van der Waals surface area contributed by atoms with E-state index in [0.29, 0.717) is 11.3 Å². The molecule has 1 unspecified atom stereocenters. The molecule has 0 nitrogen and oxygen atoms in total. The Bertz CT molecular complexity index is 1690. The fourth-order valence-electron chi connectivity index (χ4n) is 7.10. The molecule has 260 valence electrons. The Morgan fingerprint density at radius 3 is 1.35 bits per heavy atom. The first-order valence-corrected chi connectivity index (χ1v) is 18.6. The number of allylic oxidation sites excluding steroid dienone is 8. The molecule has 0 radical (unpaired) electrons. The van der Waals surface area contributed by atoms with Gasteiger partial charge in [-0.05, 0) is 33.1 Å². The molecule has 0 aliphatic heterocycles. The smallest absolute Gasteiger partial charge is 1.00 e. The second-order valence-electron chi connectivity index (χ2n) is 18.4. The van der Waals surface area contributed by atoms with Crippen LogP contribution in [0.5, 0.6) is 0 Å². The van der Waals surface area contributed by atoms with Crippen molar-refractivity contribution in [2.45, 2.75) is 128 Å². The van der Waals surface area contributed by atoms with E-state index in [0.717, 1.165) is 0 Å². The summed E-state index contributed by atoms with van der Waals surface area (Å²) in [5, 5.41) is 5.58. The van der Waals surface area contributed by atoms with Crippen molar-refractivity contribution < 1.29 is 49.0 Å². The molecule has 3 aromatic rings. The van der Waals surface area contributed by atoms with Crippen LogP contribution in [0.25, 0.3) is 32.7 Å². The quantitative estimate of drug-likeness (QED) is 0.229. The van der Waals surface area contributed by atoms with Crippen molar-refractivity contribution in [3.8, 4) is 0 Å². The van der Waals surface area contributed by atoms with E-state index in [4.69, 9.17) is 0 Å². The summed E-state index contributed by atoms with van der Waals surface area (Å²) in [6.45, 7) is 36.7. The van der Waals surface area contributed by atoms with Crippen molar-refractivity contribution in [2.24, 2.45) is 22.2 Å². The van der Waals surface area contributed by atoms with Gasteiger partial charge in [-0.2, -0.15) is 11.6 Å². The van der Waals surface area contributed by atoms with E-state index >= 15 is 0 Å². The van der Waals surface area contributed by atoms with Gasteiger partial charge in [0.25, 0.3) is 0 Å². The fraction of sp³-hybridized carbons (Fsp3) is 0.511. The molecule has 1 atom stereocenters. The predicted octanol–water partition coefficient (Wildman–Crippen LogP) is 7.26. The number of benzene rings is 2. The normalized spacial score (nSPS) is 18.7. The Hall–Kier alpha value is -1.40. The second-order valence-corrected chi connectivity index (χ2v) is 20.8. The molecule has 6 rings (SSSR count). The molecule has 0 N–H and O–H groups in total. The summed E-state index contributed by atoms with van der Waals surface area (Å²) in [4.78, 5) is 0. The van der Waals surface area contributed by atoms with Gasteiger partial charge < -0.3 is 24.8 Å². The molecule has 0 aromatic heterocycles. The average Bonchev–Trinajstić information content (AvgIpc) is 3.63. The Morgan fingerprint density at radius 1 is 0.708 bits per heavy atom. The maximum absolute atomic E-state index is 3.35. The van der Waals surface area contributed by atoms with Crippen molar-refractivity contribution in [1.29, 1.82) is 0 Å². The third-order valence-electron chi connectivity index (χ3n) is 9.72. The van der Waals surface area contributed by atoms with Gasteiger partial charge in [-0.15, -0.1) is 39.7 Å². The summed E-state index contributed by atoms with van der Waals surface area (Å²) >= 11 is 1.55. The van der Waals surface area contributed by atoms with Crippen LogP contribution in [0.2, 0.25) is 0 Å². The molecule has 3 aliphatic carbocycles. The minimum atomic E-state index is 0. The first kappa shape index (κ1) is 42.8. The number of halogens is 2. The van der Waals surface area contributed by atoms with Gasteiger partial charge in [-0.1, -0.05) is 150 Å². The maximum atomic E-state index is 3.35. The summed E-state index contributed by atoms with van der Waals surface area (Å²) in [6, 6.07) is 12.3. The molecule has 0 amide bonds. The maximum Gasteiger partial charge on any atom is -1.00 e. The van der Waals surface area contributed by atoms with E-state index in [1.54, 1.807) is 24.2 Å². The monoisotopic (exact) mass is 760 g/mol. The second kappa shape index (κ2) is 14.7. The Morgan fingerprint density at radius 2 is 1.08 bits per heavy atom. The number of fused-ring (bicyclic) bond motifs is 5. The molecule has 0 saturated heterocycles. The van der Waals surface area contributed by atoms with E-state index in [1.165, 1.54) is 70.1 Å². The van der Waals surface area contributed by atoms with Crippen LogP contribution in [-0.2, 0) is 35.1 Å². The summed E-state index contributed by atoms with van der Waals surface area (Å²) in [7, 11) is 0. The minimum absolute atomic E-state index is 0. The Balaban J connectivity index is 0.000000396. The Labute approximate surface area is 321 Å². The van der Waals surface area contributed by atoms with Crippen molar-refractivity contribution >= 4 is 35.9 Å². The third kappa shape index (κ3) is 8.90. The number of rotatable bonds is 1. The molecule has 0 heterocycles. The van der Waals surface area contributed by atoms with Gasteiger partial charge in [0.2, 0.25) is 0 Å². The zero-order valence-electron chi connectivity index (χ0n) is 32.7. The topological polar surface area (TPSA) is 0 Å². The molecular weight excluding hydrogens is 703 g/mol. The van der Waals surface area contributed by atoms with Gasteiger partial charge in [0, 0.05) is 10.8 Å². The first-order chi connectivity index (χ1) is 20.9. The molecule has 0 saturated carbocycles. The van der Waals surface area contributed by atoms with Crippen LogP contribution in [0.3, 0.4) is 0 Å². The standard InChI is InChI=1S/C31H37.C11H17.C3H6.2ClH.Zr/c1-28(2,3)26-16-30(7,8)24-12-18-11-19-13-25-23(15-21(19)20(18)14-22(24)26)27(29(4,5)6)17-31(25,9)10;1-5-9-6-7-10(8-9)11(2,3)4;1-3-2;;;/h11-17H,1-10H3;7-9H,5H2,1-4H3;1-2H3;2*1H;/q2*-1;;;;+2/p-2. The van der Waals surface area contributed by atoms with E-state index < -0.39 is 0 Å². The summed E-state index contributed by atoms with van der Waals surface area (Å²) in [5.41, 5.74) is 11.0. The van der Waals surface area contributed by atoms with Gasteiger partial charge in [-0.3, -0.25) is 6.08 Å². The average molecular weight is 763 g/mol. The van der Waals surface area contributed by atoms with E-state index in [1.807, 2.05) is 0 Å². The third-order valence-corrected chi connectivity index (χ3v) is 9.72. The molecule has 0 spiro atoms. The van der Waals surface area contributed by atoms with E-state index in [-0.39, 0.29) is 46.5 Å². The van der Waals surface area contributed by atoms with Gasteiger partial charge in [0.05, 0.1) is 0 Å². The molecule has 0 fully saturated rings. The fourth-order valence-corrected chi connectivity index (χ4v) is 7.10. The van der Waals surface area contributed by atoms with E-state index in [9.17, 15) is 0 Å². The summed E-state index contributed by atoms with van der Waals surface area (Å²) < 4.78 is 1.51. The van der Waals surface area contributed by atoms with Crippen molar-refractivity contribution in [2.75, 3.05) is 0 Å². The van der Waals surface area contributed by atoms with Gasteiger partial charge in [0.15, 0.2) is 0 Å². The van der Waals surface area contributed by atoms with Gasteiger partial charge >= 0.3 is 41.3 Å². The van der Waals surface area contributed by atoms with Crippen LogP contribution < -0.4 is 24.8 Å². The van der Waals surface area contributed by atoms with Crippen LogP contribution in [-0.4, -0.2) is 3.21 Å². The largest absolute Gasteiger partial charge is 1.00 e. The molecular formula is C45H60Cl2Zr-2. The SMILES string of the molecule is CC(C)(C)C1=CC(C)(C)c2cc3[cH-]c4cc5c(cc4c3cc21)C(C(C)(C)C)=CC5(C)C.CCC1[C-]=CC(C(C)(C)C)=C1.C[C](C)=[Zr+2].[Cl-].[Cl-].